The molecule has 0 aliphatic rings. The van der Waals surface area contributed by atoms with E-state index < -0.39 is 15.8 Å². The summed E-state index contributed by atoms with van der Waals surface area (Å²) in [5.74, 6) is -0.953. The third-order valence-electron chi connectivity index (χ3n) is 2.94. The van der Waals surface area contributed by atoms with Gasteiger partial charge in [-0.2, -0.15) is 0 Å². The lowest BCUT2D eigenvalue weighted by molar-refractivity contribution is 0.0953. The van der Waals surface area contributed by atoms with Crippen LogP contribution in [0.4, 0.5) is 4.39 Å². The van der Waals surface area contributed by atoms with E-state index in [9.17, 15) is 17.6 Å². The topological polar surface area (TPSA) is 88.4 Å². The molecule has 0 spiro atoms. The van der Waals surface area contributed by atoms with E-state index in [1.54, 1.807) is 6.92 Å². The number of benzene rings is 1. The van der Waals surface area contributed by atoms with Gasteiger partial charge in [-0.15, -0.1) is 0 Å². The minimum Gasteiger partial charge on any atom is -0.472 e. The van der Waals surface area contributed by atoms with Crippen LogP contribution < -0.4 is 10.0 Å². The van der Waals surface area contributed by atoms with Crippen LogP contribution in [0.2, 0.25) is 0 Å². The van der Waals surface area contributed by atoms with Crippen LogP contribution in [0.1, 0.15) is 15.9 Å². The van der Waals surface area contributed by atoms with Gasteiger partial charge in [-0.3, -0.25) is 4.79 Å². The fourth-order valence-electron chi connectivity index (χ4n) is 1.68. The van der Waals surface area contributed by atoms with E-state index in [1.807, 2.05) is 0 Å². The molecule has 2 N–H and O–H groups in total. The predicted octanol–water partition coefficient (Wildman–Crippen LogP) is 1.44. The molecule has 2 aromatic rings. The molecule has 0 fully saturated rings. The third kappa shape index (κ3) is 3.92. The highest BCUT2D eigenvalue weighted by Gasteiger charge is 2.15. The summed E-state index contributed by atoms with van der Waals surface area (Å²) < 4.78 is 44.4. The second kappa shape index (κ2) is 6.71. The van der Waals surface area contributed by atoms with Gasteiger partial charge in [0.25, 0.3) is 5.91 Å². The van der Waals surface area contributed by atoms with Crippen LogP contribution in [0.25, 0.3) is 0 Å². The van der Waals surface area contributed by atoms with Crippen molar-refractivity contribution in [2.75, 3.05) is 13.1 Å². The minimum absolute atomic E-state index is 0.0125. The number of carbonyl (C=O) groups is 1. The fraction of sp³-hybridized carbons (Fsp3) is 0.214. The third-order valence-corrected chi connectivity index (χ3v) is 4.40. The Balaban J connectivity index is 1.87. The van der Waals surface area contributed by atoms with Gasteiger partial charge >= 0.3 is 0 Å². The molecule has 1 aromatic carbocycles. The second-order valence-electron chi connectivity index (χ2n) is 4.58. The summed E-state index contributed by atoms with van der Waals surface area (Å²) in [6.45, 7) is 1.63. The van der Waals surface area contributed by atoms with Crippen molar-refractivity contribution in [3.05, 3.63) is 53.7 Å². The molecule has 118 valence electrons. The average molecular weight is 326 g/mol. The summed E-state index contributed by atoms with van der Waals surface area (Å²) in [4.78, 5) is 11.4. The molecule has 2 rings (SSSR count). The van der Waals surface area contributed by atoms with E-state index in [-0.39, 0.29) is 23.9 Å². The Morgan fingerprint density at radius 2 is 2.05 bits per heavy atom. The second-order valence-corrected chi connectivity index (χ2v) is 6.34. The number of carbonyl (C=O) groups excluding carboxylic acids is 1. The van der Waals surface area contributed by atoms with Crippen molar-refractivity contribution >= 4 is 15.9 Å². The van der Waals surface area contributed by atoms with E-state index in [0.717, 1.165) is 6.07 Å². The lowest BCUT2D eigenvalue weighted by Gasteiger charge is -2.08. The van der Waals surface area contributed by atoms with Crippen molar-refractivity contribution in [2.24, 2.45) is 0 Å². The predicted molar refractivity (Wildman–Crippen MR) is 77.4 cm³/mol. The lowest BCUT2D eigenvalue weighted by atomic mass is 10.2. The van der Waals surface area contributed by atoms with Gasteiger partial charge in [0.1, 0.15) is 12.1 Å². The van der Waals surface area contributed by atoms with E-state index in [0.29, 0.717) is 11.1 Å². The summed E-state index contributed by atoms with van der Waals surface area (Å²) >= 11 is 0. The molecule has 1 heterocycles. The first kappa shape index (κ1) is 16.2. The maximum atomic E-state index is 13.4. The number of sulfonamides is 1. The molecular weight excluding hydrogens is 311 g/mol. The van der Waals surface area contributed by atoms with E-state index >= 15 is 0 Å². The van der Waals surface area contributed by atoms with Gasteiger partial charge in [-0.25, -0.2) is 17.5 Å². The molecule has 0 atom stereocenters. The molecule has 0 saturated heterocycles. The summed E-state index contributed by atoms with van der Waals surface area (Å²) in [6.07, 6.45) is 2.65. The van der Waals surface area contributed by atoms with Crippen molar-refractivity contribution < 1.29 is 22.0 Å². The molecule has 0 aliphatic carbocycles. The van der Waals surface area contributed by atoms with Crippen LogP contribution in [0.3, 0.4) is 0 Å². The van der Waals surface area contributed by atoms with Crippen LogP contribution in [-0.4, -0.2) is 27.4 Å². The van der Waals surface area contributed by atoms with Crippen molar-refractivity contribution in [1.82, 2.24) is 10.0 Å². The summed E-state index contributed by atoms with van der Waals surface area (Å²) in [6, 6.07) is 5.17. The van der Waals surface area contributed by atoms with Gasteiger partial charge in [0.05, 0.1) is 16.7 Å². The quantitative estimate of drug-likeness (QED) is 0.786. The molecule has 1 aromatic heterocycles. The van der Waals surface area contributed by atoms with Crippen LogP contribution >= 0.6 is 0 Å². The first-order valence-corrected chi connectivity index (χ1v) is 7.95. The number of halogens is 1. The number of nitrogens with one attached hydrogen (secondary N) is 2. The van der Waals surface area contributed by atoms with Gasteiger partial charge in [0.2, 0.25) is 10.0 Å². The van der Waals surface area contributed by atoms with Crippen LogP contribution in [0, 0.1) is 12.7 Å². The summed E-state index contributed by atoms with van der Waals surface area (Å²) in [7, 11) is -3.81. The van der Waals surface area contributed by atoms with Crippen LogP contribution in [-0.2, 0) is 10.0 Å². The van der Waals surface area contributed by atoms with E-state index in [1.165, 1.54) is 30.7 Å². The molecule has 0 saturated carbocycles. The SMILES string of the molecule is Cc1ccc(S(=O)(=O)NCCNC(=O)c2ccoc2)cc1F. The standard InChI is InChI=1S/C14H15FN2O4S/c1-10-2-3-12(8-13(10)15)22(19,20)17-6-5-16-14(18)11-4-7-21-9-11/h2-4,7-9,17H,5-6H2,1H3,(H,16,18). The number of rotatable bonds is 6. The number of amides is 1. The number of hydrogen-bond donors (Lipinski definition) is 2. The normalized spacial score (nSPS) is 11.4. The van der Waals surface area contributed by atoms with Crippen molar-refractivity contribution in [3.8, 4) is 0 Å². The smallest absolute Gasteiger partial charge is 0.254 e. The molecule has 0 radical (unpaired) electrons. The van der Waals surface area contributed by atoms with Gasteiger partial charge in [-0.1, -0.05) is 6.07 Å². The first-order chi connectivity index (χ1) is 10.4. The van der Waals surface area contributed by atoms with E-state index in [4.69, 9.17) is 4.42 Å². The van der Waals surface area contributed by atoms with Gasteiger partial charge in [0.15, 0.2) is 0 Å². The summed E-state index contributed by atoms with van der Waals surface area (Å²) in [5, 5.41) is 2.53. The molecule has 0 bridgehead atoms. The highest BCUT2D eigenvalue weighted by molar-refractivity contribution is 7.89. The Morgan fingerprint density at radius 3 is 2.68 bits per heavy atom. The van der Waals surface area contributed by atoms with Crippen LogP contribution in [0.15, 0.2) is 46.1 Å². The summed E-state index contributed by atoms with van der Waals surface area (Å²) in [5.41, 5.74) is 0.717. The molecule has 1 amide bonds. The Morgan fingerprint density at radius 1 is 1.27 bits per heavy atom. The zero-order valence-electron chi connectivity index (χ0n) is 11.8. The Labute approximate surface area is 127 Å². The zero-order valence-corrected chi connectivity index (χ0v) is 12.6. The highest BCUT2D eigenvalue weighted by Crippen LogP contribution is 2.13. The molecule has 22 heavy (non-hydrogen) atoms. The molecular formula is C14H15FN2O4S. The number of hydrogen-bond acceptors (Lipinski definition) is 4. The Kier molecular flexibility index (Phi) is 4.94. The Hall–Kier alpha value is -2.19. The number of furan rings is 1. The molecule has 0 unspecified atom stereocenters. The van der Waals surface area contributed by atoms with Gasteiger partial charge in [-0.05, 0) is 30.7 Å². The number of aryl methyl sites for hydroxylation is 1. The van der Waals surface area contributed by atoms with Crippen molar-refractivity contribution in [2.45, 2.75) is 11.8 Å². The minimum atomic E-state index is -3.81. The van der Waals surface area contributed by atoms with Crippen molar-refractivity contribution in [3.63, 3.8) is 0 Å². The largest absolute Gasteiger partial charge is 0.472 e. The monoisotopic (exact) mass is 326 g/mol. The highest BCUT2D eigenvalue weighted by atomic mass is 32.2. The van der Waals surface area contributed by atoms with Gasteiger partial charge < -0.3 is 9.73 Å². The lowest BCUT2D eigenvalue weighted by Crippen LogP contribution is -2.34. The molecule has 8 heteroatoms. The fourth-order valence-corrected chi connectivity index (χ4v) is 2.72. The maximum absolute atomic E-state index is 13.4. The first-order valence-electron chi connectivity index (χ1n) is 6.46. The Bertz CT molecular complexity index is 757. The van der Waals surface area contributed by atoms with Gasteiger partial charge in [0, 0.05) is 13.1 Å². The van der Waals surface area contributed by atoms with Crippen LogP contribution in [0.5, 0.6) is 0 Å². The van der Waals surface area contributed by atoms with Crippen molar-refractivity contribution in [1.29, 1.82) is 0 Å². The average Bonchev–Trinajstić information content (AvgIpc) is 3.00. The molecule has 0 aliphatic heterocycles. The van der Waals surface area contributed by atoms with E-state index in [2.05, 4.69) is 10.0 Å². The maximum Gasteiger partial charge on any atom is 0.254 e. The molecule has 6 nitrogen and oxygen atoms in total. The zero-order chi connectivity index (χ0) is 16.2.